The first-order valence-electron chi connectivity index (χ1n) is 10.2. The molecule has 0 bridgehead atoms. The molecule has 11 heteroatoms. The lowest BCUT2D eigenvalue weighted by molar-refractivity contribution is 0.0200. The van der Waals surface area contributed by atoms with Crippen LogP contribution in [0.5, 0.6) is 11.5 Å². The quantitative estimate of drug-likeness (QED) is 0.210. The Balaban J connectivity index is 0.00000480. The summed E-state index contributed by atoms with van der Waals surface area (Å²) in [6.45, 7) is 1.94. The van der Waals surface area contributed by atoms with E-state index < -0.39 is 10.0 Å². The molecule has 1 heterocycles. The molecule has 2 rings (SSSR count). The number of hydrogen-bond donors (Lipinski definition) is 3. The predicted molar refractivity (Wildman–Crippen MR) is 133 cm³/mol. The topological polar surface area (TPSA) is 110 Å². The summed E-state index contributed by atoms with van der Waals surface area (Å²) in [5, 5.41) is 6.22. The largest absolute Gasteiger partial charge is 0.493 e. The fraction of sp³-hybridized carbons (Fsp3) is 0.650. The van der Waals surface area contributed by atoms with Crippen LogP contribution in [0.15, 0.2) is 23.2 Å². The molecule has 1 aliphatic rings. The normalized spacial score (nSPS) is 16.9. The van der Waals surface area contributed by atoms with Crippen molar-refractivity contribution in [3.05, 3.63) is 23.8 Å². The van der Waals surface area contributed by atoms with E-state index in [4.69, 9.17) is 14.2 Å². The van der Waals surface area contributed by atoms with Crippen molar-refractivity contribution >= 4 is 40.0 Å². The molecule has 1 aliphatic heterocycles. The third kappa shape index (κ3) is 10.2. The number of benzene rings is 1. The number of halogens is 1. The van der Waals surface area contributed by atoms with Gasteiger partial charge in [-0.1, -0.05) is 6.07 Å². The number of aliphatic imine (C=N–C) groups is 1. The van der Waals surface area contributed by atoms with E-state index in [2.05, 4.69) is 20.3 Å². The maximum absolute atomic E-state index is 12.2. The van der Waals surface area contributed by atoms with E-state index in [1.54, 1.807) is 21.3 Å². The molecule has 1 saturated heterocycles. The van der Waals surface area contributed by atoms with Crippen LogP contribution in [0.25, 0.3) is 0 Å². The Kier molecular flexibility index (Phi) is 13.1. The molecular weight excluding hydrogens is 535 g/mol. The molecule has 0 radical (unpaired) electrons. The van der Waals surface area contributed by atoms with Crippen LogP contribution in [0, 0.1) is 0 Å². The van der Waals surface area contributed by atoms with Crippen LogP contribution in [-0.2, 0) is 21.2 Å². The Labute approximate surface area is 202 Å². The van der Waals surface area contributed by atoms with E-state index in [1.165, 1.54) is 0 Å². The van der Waals surface area contributed by atoms with Crippen molar-refractivity contribution in [2.24, 2.45) is 4.99 Å². The van der Waals surface area contributed by atoms with Crippen LogP contribution >= 0.6 is 24.0 Å². The second kappa shape index (κ2) is 14.7. The number of methoxy groups -OCH3 is 2. The first-order chi connectivity index (χ1) is 14.5. The Morgan fingerprint density at radius 1 is 1.16 bits per heavy atom. The molecule has 1 aromatic rings. The van der Waals surface area contributed by atoms with Crippen molar-refractivity contribution in [2.75, 3.05) is 53.3 Å². The third-order valence-corrected chi connectivity index (χ3v) is 6.19. The molecule has 1 atom stereocenters. The summed E-state index contributed by atoms with van der Waals surface area (Å²) in [6.07, 6.45) is 3.76. The molecule has 0 spiro atoms. The van der Waals surface area contributed by atoms with Crippen molar-refractivity contribution in [3.63, 3.8) is 0 Å². The van der Waals surface area contributed by atoms with Crippen molar-refractivity contribution in [1.82, 2.24) is 15.4 Å². The predicted octanol–water partition coefficient (Wildman–Crippen LogP) is 1.52. The minimum absolute atomic E-state index is 0. The first kappa shape index (κ1) is 27.7. The lowest BCUT2D eigenvalue weighted by atomic mass is 10.1. The van der Waals surface area contributed by atoms with Crippen LogP contribution in [0.4, 0.5) is 0 Å². The fourth-order valence-corrected chi connectivity index (χ4v) is 4.10. The molecule has 3 N–H and O–H groups in total. The van der Waals surface area contributed by atoms with Gasteiger partial charge in [0, 0.05) is 33.3 Å². The van der Waals surface area contributed by atoms with E-state index >= 15 is 0 Å². The van der Waals surface area contributed by atoms with Gasteiger partial charge in [0.25, 0.3) is 0 Å². The average molecular weight is 570 g/mol. The highest BCUT2D eigenvalue weighted by Crippen LogP contribution is 2.27. The average Bonchev–Trinajstić information content (AvgIpc) is 2.77. The Hall–Kier alpha value is -1.31. The maximum atomic E-state index is 12.2. The van der Waals surface area contributed by atoms with Crippen LogP contribution in [0.2, 0.25) is 0 Å². The minimum atomic E-state index is -3.36. The van der Waals surface area contributed by atoms with Gasteiger partial charge in [-0.3, -0.25) is 4.99 Å². The van der Waals surface area contributed by atoms with Gasteiger partial charge >= 0.3 is 0 Å². The van der Waals surface area contributed by atoms with Gasteiger partial charge < -0.3 is 24.8 Å². The summed E-state index contributed by atoms with van der Waals surface area (Å²) in [6, 6.07) is 5.79. The highest BCUT2D eigenvalue weighted by atomic mass is 127. The SMILES string of the molecule is CN=C(NCCc1ccc(OC)c(OC)c1)NCCS(=O)(=O)NCC1CCCCO1.I. The van der Waals surface area contributed by atoms with Crippen LogP contribution in [-0.4, -0.2) is 73.7 Å². The van der Waals surface area contributed by atoms with Crippen molar-refractivity contribution in [2.45, 2.75) is 31.8 Å². The summed E-state index contributed by atoms with van der Waals surface area (Å²) < 4.78 is 43.1. The third-order valence-electron chi connectivity index (χ3n) is 4.85. The number of nitrogens with zero attached hydrogens (tertiary/aromatic N) is 1. The number of nitrogens with one attached hydrogen (secondary N) is 3. The number of guanidine groups is 1. The van der Waals surface area contributed by atoms with Gasteiger partial charge in [0.1, 0.15) is 0 Å². The molecular formula is C20H35IN4O5S. The summed E-state index contributed by atoms with van der Waals surface area (Å²) in [5.41, 5.74) is 1.09. The summed E-state index contributed by atoms with van der Waals surface area (Å²) in [5.74, 6) is 1.91. The van der Waals surface area contributed by atoms with E-state index in [9.17, 15) is 8.42 Å². The van der Waals surface area contributed by atoms with Crippen LogP contribution in [0.3, 0.4) is 0 Å². The molecule has 1 aromatic carbocycles. The number of hydrogen-bond acceptors (Lipinski definition) is 6. The van der Waals surface area contributed by atoms with Gasteiger partial charge in [-0.05, 0) is 43.4 Å². The molecule has 9 nitrogen and oxygen atoms in total. The molecule has 0 amide bonds. The summed E-state index contributed by atoms with van der Waals surface area (Å²) in [4.78, 5) is 4.13. The van der Waals surface area contributed by atoms with Crippen LogP contribution in [0.1, 0.15) is 24.8 Å². The fourth-order valence-electron chi connectivity index (χ4n) is 3.15. The van der Waals surface area contributed by atoms with Crippen molar-refractivity contribution in [3.8, 4) is 11.5 Å². The molecule has 178 valence electrons. The standard InChI is InChI=1S/C20H34N4O5S.HI/c1-21-20(22-10-9-16-7-8-18(27-2)19(14-16)28-3)23-11-13-30(25,26)24-15-17-6-4-5-12-29-17;/h7-8,14,17,24H,4-6,9-13,15H2,1-3H3,(H2,21,22,23);1H. The highest BCUT2D eigenvalue weighted by Gasteiger charge is 2.17. The molecule has 31 heavy (non-hydrogen) atoms. The second-order valence-corrected chi connectivity index (χ2v) is 8.95. The van der Waals surface area contributed by atoms with E-state index in [-0.39, 0.29) is 42.4 Å². The van der Waals surface area contributed by atoms with E-state index in [0.29, 0.717) is 37.2 Å². The van der Waals surface area contributed by atoms with Crippen molar-refractivity contribution in [1.29, 1.82) is 0 Å². The Morgan fingerprint density at radius 2 is 1.90 bits per heavy atom. The Bertz CT molecular complexity index is 786. The number of rotatable bonds is 11. The zero-order chi connectivity index (χ0) is 21.8. The summed E-state index contributed by atoms with van der Waals surface area (Å²) in [7, 11) is 1.50. The number of sulfonamides is 1. The monoisotopic (exact) mass is 570 g/mol. The lowest BCUT2D eigenvalue weighted by Gasteiger charge is -2.22. The molecule has 1 unspecified atom stereocenters. The molecule has 0 aromatic heterocycles. The van der Waals surface area contributed by atoms with E-state index in [1.807, 2.05) is 18.2 Å². The zero-order valence-electron chi connectivity index (χ0n) is 18.5. The van der Waals surface area contributed by atoms with Crippen molar-refractivity contribution < 1.29 is 22.6 Å². The summed E-state index contributed by atoms with van der Waals surface area (Å²) >= 11 is 0. The molecule has 0 aliphatic carbocycles. The smallest absolute Gasteiger partial charge is 0.213 e. The minimum Gasteiger partial charge on any atom is -0.493 e. The zero-order valence-corrected chi connectivity index (χ0v) is 21.6. The second-order valence-electron chi connectivity index (χ2n) is 7.02. The lowest BCUT2D eigenvalue weighted by Crippen LogP contribution is -2.43. The van der Waals surface area contributed by atoms with Gasteiger partial charge in [-0.15, -0.1) is 24.0 Å². The number of ether oxygens (including phenoxy) is 3. The molecule has 1 fully saturated rings. The van der Waals surface area contributed by atoms with Gasteiger partial charge in [0.2, 0.25) is 10.0 Å². The van der Waals surface area contributed by atoms with Gasteiger partial charge in [0.05, 0.1) is 26.1 Å². The highest BCUT2D eigenvalue weighted by molar-refractivity contribution is 14.0. The maximum Gasteiger partial charge on any atom is 0.213 e. The molecule has 0 saturated carbocycles. The Morgan fingerprint density at radius 3 is 2.55 bits per heavy atom. The van der Waals surface area contributed by atoms with Crippen LogP contribution < -0.4 is 24.8 Å². The first-order valence-corrected chi connectivity index (χ1v) is 11.9. The van der Waals surface area contributed by atoms with E-state index in [0.717, 1.165) is 31.2 Å². The van der Waals surface area contributed by atoms with Gasteiger partial charge in [-0.25, -0.2) is 13.1 Å². The van der Waals surface area contributed by atoms with Gasteiger partial charge in [-0.2, -0.15) is 0 Å². The van der Waals surface area contributed by atoms with Gasteiger partial charge in [0.15, 0.2) is 17.5 Å².